The lowest BCUT2D eigenvalue weighted by molar-refractivity contribution is -0.133. The van der Waals surface area contributed by atoms with Gasteiger partial charge >= 0.3 is 6.03 Å². The van der Waals surface area contributed by atoms with Crippen LogP contribution >= 0.6 is 11.3 Å². The summed E-state index contributed by atoms with van der Waals surface area (Å²) in [5.41, 5.74) is 0.938. The second-order valence-corrected chi connectivity index (χ2v) is 9.23. The highest BCUT2D eigenvalue weighted by Crippen LogP contribution is 2.33. The third-order valence-corrected chi connectivity index (χ3v) is 6.46. The third kappa shape index (κ3) is 6.73. The van der Waals surface area contributed by atoms with Crippen LogP contribution in [0.4, 0.5) is 14.9 Å². The summed E-state index contributed by atoms with van der Waals surface area (Å²) in [5, 5.41) is 4.53. The van der Waals surface area contributed by atoms with Crippen molar-refractivity contribution in [3.63, 3.8) is 0 Å². The molecule has 2 heterocycles. The molecular weight excluding hydrogens is 485 g/mol. The molecule has 1 aliphatic rings. The van der Waals surface area contributed by atoms with Crippen LogP contribution in [0.15, 0.2) is 60.0 Å². The Kier molecular flexibility index (Phi) is 8.75. The van der Waals surface area contributed by atoms with Gasteiger partial charge in [0.25, 0.3) is 0 Å². The molecule has 0 saturated carbocycles. The maximum atomic E-state index is 14.1. The quantitative estimate of drug-likeness (QED) is 0.376. The summed E-state index contributed by atoms with van der Waals surface area (Å²) in [7, 11) is 1.57. The van der Waals surface area contributed by atoms with Gasteiger partial charge in [-0.1, -0.05) is 24.3 Å². The van der Waals surface area contributed by atoms with Gasteiger partial charge in [-0.2, -0.15) is 0 Å². The zero-order valence-corrected chi connectivity index (χ0v) is 20.8. The number of hydrogen-bond donors (Lipinski definition) is 1. The molecule has 36 heavy (non-hydrogen) atoms. The molecule has 8 nitrogen and oxygen atoms in total. The van der Waals surface area contributed by atoms with Crippen LogP contribution in [0.1, 0.15) is 16.9 Å². The molecule has 1 N–H and O–H groups in total. The number of nitrogens with zero attached hydrogens (tertiary/aromatic N) is 2. The number of fused-ring (bicyclic) bond motifs is 1. The van der Waals surface area contributed by atoms with Gasteiger partial charge in [0.1, 0.15) is 12.4 Å². The average molecular weight is 514 g/mol. The number of nitrogens with one attached hydrogen (secondary N) is 1. The number of urea groups is 1. The predicted molar refractivity (Wildman–Crippen MR) is 135 cm³/mol. The Morgan fingerprint density at radius 3 is 2.67 bits per heavy atom. The number of carbonyl (C=O) groups excluding carboxylic acids is 2. The van der Waals surface area contributed by atoms with Crippen LogP contribution in [0, 0.1) is 5.82 Å². The molecular formula is C26H28FN3O5S. The first kappa shape index (κ1) is 25.5. The molecule has 0 unspecified atom stereocenters. The fourth-order valence-electron chi connectivity index (χ4n) is 3.75. The van der Waals surface area contributed by atoms with Crippen molar-refractivity contribution in [2.75, 3.05) is 38.9 Å². The van der Waals surface area contributed by atoms with E-state index in [9.17, 15) is 14.0 Å². The number of carbonyl (C=O) groups is 2. The van der Waals surface area contributed by atoms with E-state index in [4.69, 9.17) is 14.2 Å². The first-order chi connectivity index (χ1) is 17.5. The first-order valence-electron chi connectivity index (χ1n) is 11.5. The van der Waals surface area contributed by atoms with Crippen molar-refractivity contribution in [1.82, 2.24) is 9.80 Å². The van der Waals surface area contributed by atoms with E-state index in [0.29, 0.717) is 37.6 Å². The smallest absolute Gasteiger partial charge is 0.322 e. The molecule has 0 aliphatic carbocycles. The highest BCUT2D eigenvalue weighted by molar-refractivity contribution is 7.09. The van der Waals surface area contributed by atoms with E-state index < -0.39 is 11.8 Å². The number of rotatable bonds is 11. The number of ether oxygens (including phenoxy) is 3. The molecule has 4 rings (SSSR count). The summed E-state index contributed by atoms with van der Waals surface area (Å²) in [5.74, 6) is 0.531. The van der Waals surface area contributed by atoms with E-state index >= 15 is 0 Å². The number of methoxy groups -OCH3 is 1. The Morgan fingerprint density at radius 1 is 1.06 bits per heavy atom. The highest BCUT2D eigenvalue weighted by Gasteiger charge is 2.23. The fourth-order valence-corrected chi connectivity index (χ4v) is 4.47. The SMILES string of the molecule is COCCCN(CC(=O)N(Cc1ccc2c(c1)OCO2)Cc1cccs1)C(=O)Nc1ccccc1F. The van der Waals surface area contributed by atoms with Crippen LogP contribution in [-0.4, -0.2) is 55.3 Å². The second-order valence-electron chi connectivity index (χ2n) is 8.19. The lowest BCUT2D eigenvalue weighted by Crippen LogP contribution is -2.44. The molecule has 2 aromatic carbocycles. The fraction of sp³-hybridized carbons (Fsp3) is 0.308. The lowest BCUT2D eigenvalue weighted by atomic mass is 10.2. The Balaban J connectivity index is 1.50. The van der Waals surface area contributed by atoms with Crippen molar-refractivity contribution < 1.29 is 28.2 Å². The Hall–Kier alpha value is -3.63. The van der Waals surface area contributed by atoms with Crippen molar-refractivity contribution in [2.24, 2.45) is 0 Å². The van der Waals surface area contributed by atoms with Gasteiger partial charge in [-0.25, -0.2) is 9.18 Å². The second kappa shape index (κ2) is 12.4. The molecule has 0 spiro atoms. The van der Waals surface area contributed by atoms with Crippen molar-refractivity contribution in [1.29, 1.82) is 0 Å². The van der Waals surface area contributed by atoms with E-state index in [2.05, 4.69) is 5.32 Å². The average Bonchev–Trinajstić information content (AvgIpc) is 3.56. The molecule has 3 aromatic rings. The van der Waals surface area contributed by atoms with Crippen LogP contribution < -0.4 is 14.8 Å². The summed E-state index contributed by atoms with van der Waals surface area (Å²) in [6, 6.07) is 14.8. The molecule has 0 radical (unpaired) electrons. The van der Waals surface area contributed by atoms with Gasteiger partial charge in [0, 0.05) is 31.7 Å². The summed E-state index contributed by atoms with van der Waals surface area (Å²) in [6.07, 6.45) is 0.529. The summed E-state index contributed by atoms with van der Waals surface area (Å²) in [4.78, 5) is 30.7. The van der Waals surface area contributed by atoms with Crippen LogP contribution in [0.2, 0.25) is 0 Å². The van der Waals surface area contributed by atoms with E-state index in [1.807, 2.05) is 35.7 Å². The largest absolute Gasteiger partial charge is 0.454 e. The van der Waals surface area contributed by atoms with E-state index in [0.717, 1.165) is 10.4 Å². The van der Waals surface area contributed by atoms with E-state index in [-0.39, 0.29) is 31.5 Å². The zero-order chi connectivity index (χ0) is 25.3. The number of para-hydroxylation sites is 1. The van der Waals surface area contributed by atoms with E-state index in [1.165, 1.54) is 17.0 Å². The van der Waals surface area contributed by atoms with Crippen LogP contribution in [0.3, 0.4) is 0 Å². The number of amides is 3. The van der Waals surface area contributed by atoms with Crippen LogP contribution in [-0.2, 0) is 22.6 Å². The molecule has 1 aliphatic heterocycles. The minimum absolute atomic E-state index is 0.0579. The number of hydrogen-bond acceptors (Lipinski definition) is 6. The van der Waals surface area contributed by atoms with Crippen LogP contribution in [0.25, 0.3) is 0 Å². The van der Waals surface area contributed by atoms with Gasteiger partial charge < -0.3 is 29.3 Å². The molecule has 1 aromatic heterocycles. The molecule has 0 atom stereocenters. The highest BCUT2D eigenvalue weighted by atomic mass is 32.1. The zero-order valence-electron chi connectivity index (χ0n) is 19.9. The molecule has 0 saturated heterocycles. The van der Waals surface area contributed by atoms with Gasteiger partial charge in [0.05, 0.1) is 12.2 Å². The summed E-state index contributed by atoms with van der Waals surface area (Å²) >= 11 is 1.56. The summed E-state index contributed by atoms with van der Waals surface area (Å²) < 4.78 is 30.1. The molecule has 0 fully saturated rings. The number of benzene rings is 2. The van der Waals surface area contributed by atoms with Gasteiger partial charge in [0.15, 0.2) is 11.5 Å². The normalized spacial score (nSPS) is 11.8. The van der Waals surface area contributed by atoms with Gasteiger partial charge in [-0.15, -0.1) is 11.3 Å². The maximum absolute atomic E-state index is 14.1. The Morgan fingerprint density at radius 2 is 1.89 bits per heavy atom. The van der Waals surface area contributed by atoms with Gasteiger partial charge in [0.2, 0.25) is 12.7 Å². The Bertz CT molecular complexity index is 1170. The van der Waals surface area contributed by atoms with E-state index in [1.54, 1.807) is 35.5 Å². The lowest BCUT2D eigenvalue weighted by Gasteiger charge is -2.28. The number of thiophene rings is 1. The van der Waals surface area contributed by atoms with Crippen molar-refractivity contribution in [3.05, 3.63) is 76.2 Å². The van der Waals surface area contributed by atoms with Crippen molar-refractivity contribution >= 4 is 29.0 Å². The number of halogens is 1. The number of anilines is 1. The topological polar surface area (TPSA) is 80.3 Å². The first-order valence-corrected chi connectivity index (χ1v) is 12.4. The van der Waals surface area contributed by atoms with Gasteiger partial charge in [-0.3, -0.25) is 4.79 Å². The summed E-state index contributed by atoms with van der Waals surface area (Å²) in [6.45, 7) is 1.43. The Labute approximate surface area is 213 Å². The molecule has 190 valence electrons. The van der Waals surface area contributed by atoms with Crippen molar-refractivity contribution in [3.8, 4) is 11.5 Å². The standard InChI is InChI=1S/C26H28FN3O5S/c1-33-12-5-11-29(26(32)28-22-8-3-2-7-21(22)27)17-25(31)30(16-20-6-4-13-36-20)15-19-9-10-23-24(14-19)35-18-34-23/h2-4,6-10,13-14H,5,11-12,15-18H2,1H3,(H,28,32). The maximum Gasteiger partial charge on any atom is 0.322 e. The van der Waals surface area contributed by atoms with Crippen LogP contribution in [0.5, 0.6) is 11.5 Å². The predicted octanol–water partition coefficient (Wildman–Crippen LogP) is 4.72. The minimum Gasteiger partial charge on any atom is -0.454 e. The molecule has 0 bridgehead atoms. The third-order valence-electron chi connectivity index (χ3n) is 5.60. The molecule has 3 amide bonds. The minimum atomic E-state index is -0.552. The van der Waals surface area contributed by atoms with Gasteiger partial charge in [-0.05, 0) is 47.7 Å². The van der Waals surface area contributed by atoms with Crippen molar-refractivity contribution in [2.45, 2.75) is 19.5 Å². The molecule has 10 heteroatoms. The monoisotopic (exact) mass is 513 g/mol.